The minimum absolute atomic E-state index is 0.201. The van der Waals surface area contributed by atoms with Crippen LogP contribution in [0.15, 0.2) is 42.7 Å². The number of carbonyl (C=O) groups excluding carboxylic acids is 1. The molecule has 8 heteroatoms. The third-order valence-electron chi connectivity index (χ3n) is 4.43. The third-order valence-corrected chi connectivity index (χ3v) is 4.43. The highest BCUT2D eigenvalue weighted by Crippen LogP contribution is 2.18. The van der Waals surface area contributed by atoms with Crippen molar-refractivity contribution in [2.75, 3.05) is 0 Å². The molecule has 0 fully saturated rings. The molecule has 0 atom stereocenters. The Balaban J connectivity index is 1.62. The fourth-order valence-corrected chi connectivity index (χ4v) is 3.17. The molecular weight excluding hydrogens is 330 g/mol. The first-order chi connectivity index (χ1) is 12.6. The molecule has 0 bridgehead atoms. The standard InChI is InChI=1S/C18H19N7O/c1-12-16(18(24(3)22-12)25-10-6-9-20-25)17(26)19-11-15-21-13-7-4-5-8-14(13)23(15)2/h4-10H,11H2,1-3H3,(H,19,26). The monoisotopic (exact) mass is 349 g/mol. The van der Waals surface area contributed by atoms with Crippen molar-refractivity contribution < 1.29 is 4.79 Å². The van der Waals surface area contributed by atoms with Crippen LogP contribution >= 0.6 is 0 Å². The van der Waals surface area contributed by atoms with Crippen LogP contribution in [0.1, 0.15) is 21.9 Å². The smallest absolute Gasteiger partial charge is 0.257 e. The van der Waals surface area contributed by atoms with Gasteiger partial charge in [-0.3, -0.25) is 4.79 Å². The summed E-state index contributed by atoms with van der Waals surface area (Å²) in [6.45, 7) is 2.15. The summed E-state index contributed by atoms with van der Waals surface area (Å²) in [6.07, 6.45) is 3.46. The molecule has 0 unspecified atom stereocenters. The van der Waals surface area contributed by atoms with E-state index in [-0.39, 0.29) is 5.91 Å². The molecule has 0 aliphatic carbocycles. The SMILES string of the molecule is Cc1nn(C)c(-n2cccn2)c1C(=O)NCc1nc2ccccc2n1C. The van der Waals surface area contributed by atoms with Gasteiger partial charge in [0.15, 0.2) is 5.82 Å². The lowest BCUT2D eigenvalue weighted by Gasteiger charge is -2.08. The van der Waals surface area contributed by atoms with Crippen LogP contribution in [0.25, 0.3) is 16.9 Å². The molecule has 8 nitrogen and oxygen atoms in total. The highest BCUT2D eigenvalue weighted by Gasteiger charge is 2.22. The van der Waals surface area contributed by atoms with Crippen LogP contribution in [0.3, 0.4) is 0 Å². The Morgan fingerprint density at radius 2 is 2.00 bits per heavy atom. The lowest BCUT2D eigenvalue weighted by atomic mass is 10.2. The van der Waals surface area contributed by atoms with E-state index in [9.17, 15) is 4.79 Å². The number of amides is 1. The molecule has 0 aliphatic rings. The maximum atomic E-state index is 12.9. The minimum Gasteiger partial charge on any atom is -0.345 e. The van der Waals surface area contributed by atoms with E-state index in [1.165, 1.54) is 0 Å². The maximum Gasteiger partial charge on any atom is 0.257 e. The van der Waals surface area contributed by atoms with Gasteiger partial charge >= 0.3 is 0 Å². The average molecular weight is 349 g/mol. The highest BCUT2D eigenvalue weighted by atomic mass is 16.1. The zero-order chi connectivity index (χ0) is 18.3. The minimum atomic E-state index is -0.201. The van der Waals surface area contributed by atoms with E-state index < -0.39 is 0 Å². The number of hydrogen-bond acceptors (Lipinski definition) is 4. The molecule has 0 saturated carbocycles. The first kappa shape index (κ1) is 16.1. The second-order valence-electron chi connectivity index (χ2n) is 6.12. The van der Waals surface area contributed by atoms with Crippen molar-refractivity contribution in [3.05, 3.63) is 59.8 Å². The summed E-state index contributed by atoms with van der Waals surface area (Å²) in [7, 11) is 3.74. The summed E-state index contributed by atoms with van der Waals surface area (Å²) in [5.74, 6) is 1.23. The van der Waals surface area contributed by atoms with Gasteiger partial charge in [-0.1, -0.05) is 12.1 Å². The van der Waals surface area contributed by atoms with Gasteiger partial charge in [-0.2, -0.15) is 10.2 Å². The second kappa shape index (κ2) is 6.14. The van der Waals surface area contributed by atoms with E-state index in [0.29, 0.717) is 23.6 Å². The molecule has 26 heavy (non-hydrogen) atoms. The first-order valence-corrected chi connectivity index (χ1v) is 8.28. The number of hydrogen-bond donors (Lipinski definition) is 1. The van der Waals surface area contributed by atoms with Crippen molar-refractivity contribution in [3.8, 4) is 5.82 Å². The van der Waals surface area contributed by atoms with Gasteiger partial charge in [-0.25, -0.2) is 14.3 Å². The zero-order valence-electron chi connectivity index (χ0n) is 14.8. The number of imidazole rings is 1. The molecule has 132 valence electrons. The molecule has 1 aromatic carbocycles. The van der Waals surface area contributed by atoms with Crippen molar-refractivity contribution in [2.45, 2.75) is 13.5 Å². The summed E-state index contributed by atoms with van der Waals surface area (Å²) in [6, 6.07) is 9.70. The van der Waals surface area contributed by atoms with Crippen molar-refractivity contribution in [1.29, 1.82) is 0 Å². The number of carbonyl (C=O) groups is 1. The molecule has 3 aromatic heterocycles. The second-order valence-corrected chi connectivity index (χ2v) is 6.12. The summed E-state index contributed by atoms with van der Waals surface area (Å²) in [5, 5.41) is 11.6. The fraction of sp³-hybridized carbons (Fsp3) is 0.222. The van der Waals surface area contributed by atoms with Gasteiger partial charge in [0.2, 0.25) is 0 Å². The Morgan fingerprint density at radius 3 is 2.73 bits per heavy atom. The van der Waals surface area contributed by atoms with E-state index in [1.807, 2.05) is 48.9 Å². The van der Waals surface area contributed by atoms with Gasteiger partial charge in [-0.05, 0) is 25.1 Å². The first-order valence-electron chi connectivity index (χ1n) is 8.28. The molecular formula is C18H19N7O. The molecule has 0 aliphatic heterocycles. The van der Waals surface area contributed by atoms with Gasteiger partial charge in [0, 0.05) is 26.5 Å². The number of rotatable bonds is 4. The quantitative estimate of drug-likeness (QED) is 0.608. The Kier molecular flexibility index (Phi) is 3.80. The number of aryl methyl sites for hydroxylation is 3. The maximum absolute atomic E-state index is 12.9. The van der Waals surface area contributed by atoms with Crippen LogP contribution in [-0.2, 0) is 20.6 Å². The van der Waals surface area contributed by atoms with Gasteiger partial charge in [0.25, 0.3) is 5.91 Å². The summed E-state index contributed by atoms with van der Waals surface area (Å²) < 4.78 is 5.29. The van der Waals surface area contributed by atoms with E-state index in [1.54, 1.807) is 28.8 Å². The van der Waals surface area contributed by atoms with Crippen LogP contribution in [0, 0.1) is 6.92 Å². The van der Waals surface area contributed by atoms with Crippen LogP contribution < -0.4 is 5.32 Å². The molecule has 3 heterocycles. The molecule has 0 radical (unpaired) electrons. The number of nitrogens with one attached hydrogen (secondary N) is 1. The molecule has 4 rings (SSSR count). The number of fused-ring (bicyclic) bond motifs is 1. The van der Waals surface area contributed by atoms with Crippen LogP contribution in [0.4, 0.5) is 0 Å². The Labute approximate surface area is 150 Å². The van der Waals surface area contributed by atoms with Gasteiger partial charge < -0.3 is 9.88 Å². The van der Waals surface area contributed by atoms with Crippen molar-refractivity contribution >= 4 is 16.9 Å². The van der Waals surface area contributed by atoms with E-state index >= 15 is 0 Å². The Bertz CT molecular complexity index is 1090. The summed E-state index contributed by atoms with van der Waals surface area (Å²) >= 11 is 0. The lowest BCUT2D eigenvalue weighted by Crippen LogP contribution is -2.26. The largest absolute Gasteiger partial charge is 0.345 e. The van der Waals surface area contributed by atoms with Gasteiger partial charge in [0.05, 0.1) is 23.3 Å². The Hall–Kier alpha value is -3.42. The van der Waals surface area contributed by atoms with Crippen LogP contribution in [0.2, 0.25) is 0 Å². The average Bonchev–Trinajstić information content (AvgIpc) is 3.32. The van der Waals surface area contributed by atoms with Crippen molar-refractivity contribution in [3.63, 3.8) is 0 Å². The predicted molar refractivity (Wildman–Crippen MR) is 97.0 cm³/mol. The Morgan fingerprint density at radius 1 is 1.19 bits per heavy atom. The lowest BCUT2D eigenvalue weighted by molar-refractivity contribution is 0.0949. The van der Waals surface area contributed by atoms with Gasteiger partial charge in [0.1, 0.15) is 11.4 Å². The molecule has 0 spiro atoms. The number of nitrogens with zero attached hydrogens (tertiary/aromatic N) is 6. The zero-order valence-corrected chi connectivity index (χ0v) is 14.8. The third kappa shape index (κ3) is 2.55. The number of para-hydroxylation sites is 2. The summed E-state index contributed by atoms with van der Waals surface area (Å²) in [5.41, 5.74) is 3.11. The van der Waals surface area contributed by atoms with Crippen molar-refractivity contribution in [2.24, 2.45) is 14.1 Å². The molecule has 1 amide bonds. The number of aromatic nitrogens is 6. The fourth-order valence-electron chi connectivity index (χ4n) is 3.17. The van der Waals surface area contributed by atoms with E-state index in [0.717, 1.165) is 16.9 Å². The normalized spacial score (nSPS) is 11.2. The van der Waals surface area contributed by atoms with Crippen molar-refractivity contribution in [1.82, 2.24) is 34.4 Å². The molecule has 4 aromatic rings. The molecule has 1 N–H and O–H groups in total. The van der Waals surface area contributed by atoms with Crippen LogP contribution in [0.5, 0.6) is 0 Å². The van der Waals surface area contributed by atoms with E-state index in [2.05, 4.69) is 20.5 Å². The van der Waals surface area contributed by atoms with Gasteiger partial charge in [-0.15, -0.1) is 0 Å². The number of benzene rings is 1. The van der Waals surface area contributed by atoms with E-state index in [4.69, 9.17) is 0 Å². The highest BCUT2D eigenvalue weighted by molar-refractivity contribution is 5.98. The molecule has 0 saturated heterocycles. The van der Waals surface area contributed by atoms with Crippen LogP contribution in [-0.4, -0.2) is 35.0 Å². The topological polar surface area (TPSA) is 82.6 Å². The predicted octanol–water partition coefficient (Wildman–Crippen LogP) is 1.73. The summed E-state index contributed by atoms with van der Waals surface area (Å²) in [4.78, 5) is 17.4.